The first kappa shape index (κ1) is 20.4. The van der Waals surface area contributed by atoms with Crippen LogP contribution in [0.15, 0.2) is 71.6 Å². The Hall–Kier alpha value is -2.84. The maximum atomic E-state index is 13.3. The van der Waals surface area contributed by atoms with Gasteiger partial charge < -0.3 is 9.47 Å². The molecule has 4 rings (SSSR count). The third kappa shape index (κ3) is 4.06. The van der Waals surface area contributed by atoms with E-state index in [1.165, 1.54) is 22.5 Å². The molecule has 0 N–H and O–H groups in total. The summed E-state index contributed by atoms with van der Waals surface area (Å²) in [6.45, 7) is -2.81. The third-order valence-electron chi connectivity index (χ3n) is 4.56. The highest BCUT2D eigenvalue weighted by Crippen LogP contribution is 2.39. The van der Waals surface area contributed by atoms with E-state index in [0.717, 1.165) is 17.2 Å². The fraction of sp³-hybridized carbons (Fsp3) is 0.143. The molecule has 30 heavy (non-hydrogen) atoms. The molecule has 0 radical (unpaired) electrons. The Morgan fingerprint density at radius 3 is 2.53 bits per heavy atom. The van der Waals surface area contributed by atoms with Crippen LogP contribution in [0.2, 0.25) is 5.02 Å². The van der Waals surface area contributed by atoms with Crippen LogP contribution in [0.25, 0.3) is 11.1 Å². The highest BCUT2D eigenvalue weighted by molar-refractivity contribution is 7.92. The minimum atomic E-state index is -4.04. The number of ether oxygens (including phenoxy) is 2. The molecule has 0 saturated heterocycles. The van der Waals surface area contributed by atoms with E-state index in [1.807, 2.05) is 12.1 Å². The smallest absolute Gasteiger partial charge is 0.387 e. The number of rotatable bonds is 5. The highest BCUT2D eigenvalue weighted by Gasteiger charge is 2.31. The number of hydrogen-bond acceptors (Lipinski definition) is 4. The van der Waals surface area contributed by atoms with Crippen LogP contribution in [0, 0.1) is 0 Å². The second-order valence-electron chi connectivity index (χ2n) is 6.47. The summed E-state index contributed by atoms with van der Waals surface area (Å²) in [5.41, 5.74) is 1.94. The van der Waals surface area contributed by atoms with E-state index in [-0.39, 0.29) is 23.8 Å². The lowest BCUT2D eigenvalue weighted by Gasteiger charge is -2.31. The van der Waals surface area contributed by atoms with Crippen LogP contribution in [-0.4, -0.2) is 28.2 Å². The van der Waals surface area contributed by atoms with Crippen molar-refractivity contribution in [2.45, 2.75) is 11.5 Å². The number of benzene rings is 3. The molecular weight excluding hydrogens is 436 g/mol. The Morgan fingerprint density at radius 1 is 1.00 bits per heavy atom. The van der Waals surface area contributed by atoms with Gasteiger partial charge in [0.05, 0.1) is 17.1 Å². The molecule has 1 heterocycles. The van der Waals surface area contributed by atoms with E-state index >= 15 is 0 Å². The van der Waals surface area contributed by atoms with Crippen LogP contribution in [-0.2, 0) is 10.0 Å². The summed E-state index contributed by atoms with van der Waals surface area (Å²) in [6.07, 6.45) is 0. The second kappa shape index (κ2) is 8.12. The molecule has 9 heteroatoms. The van der Waals surface area contributed by atoms with Crippen LogP contribution in [0.3, 0.4) is 0 Å². The summed E-state index contributed by atoms with van der Waals surface area (Å²) in [7, 11) is -4.04. The number of fused-ring (bicyclic) bond motifs is 1. The highest BCUT2D eigenvalue weighted by atomic mass is 35.5. The monoisotopic (exact) mass is 451 g/mol. The maximum absolute atomic E-state index is 13.3. The molecule has 0 spiro atoms. The molecule has 0 saturated carbocycles. The van der Waals surface area contributed by atoms with Gasteiger partial charge in [-0.15, -0.1) is 0 Å². The van der Waals surface area contributed by atoms with E-state index < -0.39 is 16.6 Å². The molecule has 156 valence electrons. The van der Waals surface area contributed by atoms with E-state index in [9.17, 15) is 17.2 Å². The number of sulfonamides is 1. The molecule has 0 atom stereocenters. The molecule has 1 aliphatic rings. The van der Waals surface area contributed by atoms with Gasteiger partial charge in [0.1, 0.15) is 18.1 Å². The Kier molecular flexibility index (Phi) is 5.53. The standard InChI is InChI=1S/C21H16ClF2NO4S/c22-16-4-1-3-14(11-16)15-7-8-20-19(12-15)25(9-10-28-20)30(26,27)18-6-2-5-17(13-18)29-21(23)24/h1-8,11-13,21H,9-10H2. The number of anilines is 1. The average Bonchev–Trinajstić information content (AvgIpc) is 2.72. The molecular formula is C21H16ClF2NO4S. The zero-order chi connectivity index (χ0) is 21.3. The fourth-order valence-electron chi connectivity index (χ4n) is 3.23. The van der Waals surface area contributed by atoms with E-state index in [1.54, 1.807) is 30.3 Å². The Morgan fingerprint density at radius 2 is 1.77 bits per heavy atom. The molecule has 0 unspecified atom stereocenters. The zero-order valence-corrected chi connectivity index (χ0v) is 17.0. The van der Waals surface area contributed by atoms with Crippen molar-refractivity contribution in [3.8, 4) is 22.6 Å². The Bertz CT molecular complexity index is 1190. The summed E-state index contributed by atoms with van der Waals surface area (Å²) in [4.78, 5) is -0.151. The van der Waals surface area contributed by atoms with Gasteiger partial charge in [0.2, 0.25) is 0 Å². The lowest BCUT2D eigenvalue weighted by molar-refractivity contribution is -0.0499. The van der Waals surface area contributed by atoms with Crippen LogP contribution >= 0.6 is 11.6 Å². The van der Waals surface area contributed by atoms with Gasteiger partial charge in [-0.1, -0.05) is 35.9 Å². The zero-order valence-electron chi connectivity index (χ0n) is 15.5. The summed E-state index contributed by atoms with van der Waals surface area (Å²) in [5.74, 6) is 0.183. The summed E-state index contributed by atoms with van der Waals surface area (Å²) in [6, 6.07) is 17.5. The van der Waals surface area contributed by atoms with Crippen LogP contribution < -0.4 is 13.8 Å². The molecule has 3 aromatic carbocycles. The number of hydrogen-bond donors (Lipinski definition) is 0. The van der Waals surface area contributed by atoms with Gasteiger partial charge in [0.25, 0.3) is 10.0 Å². The quantitative estimate of drug-likeness (QED) is 0.535. The minimum Gasteiger partial charge on any atom is -0.489 e. The first-order valence-electron chi connectivity index (χ1n) is 8.95. The topological polar surface area (TPSA) is 55.8 Å². The molecule has 5 nitrogen and oxygen atoms in total. The molecule has 0 aliphatic carbocycles. The van der Waals surface area contributed by atoms with Gasteiger partial charge >= 0.3 is 6.61 Å². The Labute approximate surface area is 177 Å². The molecule has 1 aliphatic heterocycles. The molecule has 3 aromatic rings. The van der Waals surface area contributed by atoms with Crippen molar-refractivity contribution in [2.75, 3.05) is 17.5 Å². The average molecular weight is 452 g/mol. The number of alkyl halides is 2. The van der Waals surface area contributed by atoms with Gasteiger partial charge in [-0.25, -0.2) is 8.42 Å². The van der Waals surface area contributed by atoms with Crippen molar-refractivity contribution in [2.24, 2.45) is 0 Å². The first-order chi connectivity index (χ1) is 14.3. The molecule has 0 bridgehead atoms. The van der Waals surface area contributed by atoms with Crippen LogP contribution in [0.1, 0.15) is 0 Å². The van der Waals surface area contributed by atoms with Gasteiger partial charge in [-0.2, -0.15) is 8.78 Å². The van der Waals surface area contributed by atoms with Gasteiger partial charge in [0.15, 0.2) is 0 Å². The van der Waals surface area contributed by atoms with Gasteiger partial charge in [-0.05, 0) is 47.5 Å². The van der Waals surface area contributed by atoms with E-state index in [4.69, 9.17) is 16.3 Å². The molecule has 0 fully saturated rings. The van der Waals surface area contributed by atoms with E-state index in [0.29, 0.717) is 16.5 Å². The van der Waals surface area contributed by atoms with Gasteiger partial charge in [0, 0.05) is 11.1 Å². The third-order valence-corrected chi connectivity index (χ3v) is 6.60. The second-order valence-corrected chi connectivity index (χ2v) is 8.77. The maximum Gasteiger partial charge on any atom is 0.387 e. The summed E-state index contributed by atoms with van der Waals surface area (Å²) in [5, 5.41) is 0.557. The summed E-state index contributed by atoms with van der Waals surface area (Å²) >= 11 is 6.07. The molecule has 0 aromatic heterocycles. The first-order valence-corrected chi connectivity index (χ1v) is 10.8. The fourth-order valence-corrected chi connectivity index (χ4v) is 4.91. The SMILES string of the molecule is O=S(=O)(c1cccc(OC(F)F)c1)N1CCOc2ccc(-c3cccc(Cl)c3)cc21. The normalized spacial score (nSPS) is 13.7. The van der Waals surface area contributed by atoms with Crippen LogP contribution in [0.5, 0.6) is 11.5 Å². The van der Waals surface area contributed by atoms with Crippen LogP contribution in [0.4, 0.5) is 14.5 Å². The van der Waals surface area contributed by atoms with Crippen molar-refractivity contribution in [1.29, 1.82) is 0 Å². The van der Waals surface area contributed by atoms with Crippen molar-refractivity contribution in [3.05, 3.63) is 71.8 Å². The van der Waals surface area contributed by atoms with E-state index in [2.05, 4.69) is 4.74 Å². The van der Waals surface area contributed by atoms with Crippen molar-refractivity contribution >= 4 is 27.3 Å². The van der Waals surface area contributed by atoms with Crippen molar-refractivity contribution in [1.82, 2.24) is 0 Å². The minimum absolute atomic E-state index is 0.0776. The lowest BCUT2D eigenvalue weighted by Crippen LogP contribution is -2.37. The summed E-state index contributed by atoms with van der Waals surface area (Å²) < 4.78 is 62.8. The number of nitrogens with zero attached hydrogens (tertiary/aromatic N) is 1. The molecule has 0 amide bonds. The van der Waals surface area contributed by atoms with Crippen molar-refractivity contribution in [3.63, 3.8) is 0 Å². The predicted molar refractivity (Wildman–Crippen MR) is 110 cm³/mol. The van der Waals surface area contributed by atoms with Gasteiger partial charge in [-0.3, -0.25) is 4.31 Å². The predicted octanol–water partition coefficient (Wildman–Crippen LogP) is 5.20. The van der Waals surface area contributed by atoms with Crippen molar-refractivity contribution < 1.29 is 26.7 Å². The largest absolute Gasteiger partial charge is 0.489 e. The number of halogens is 3. The Balaban J connectivity index is 1.76. The lowest BCUT2D eigenvalue weighted by atomic mass is 10.0.